The van der Waals surface area contributed by atoms with Gasteiger partial charge in [-0.15, -0.1) is 0 Å². The lowest BCUT2D eigenvalue weighted by Gasteiger charge is -2.21. The zero-order valence-corrected chi connectivity index (χ0v) is 12.4. The molecule has 0 bridgehead atoms. The Morgan fingerprint density at radius 1 is 1.00 bits per heavy atom. The molecule has 1 rings (SSSR count). The summed E-state index contributed by atoms with van der Waals surface area (Å²) < 4.78 is 16.3. The fourth-order valence-corrected chi connectivity index (χ4v) is 8.61. The van der Waals surface area contributed by atoms with Crippen LogP contribution in [0.2, 0.25) is 6.04 Å². The Kier molecular flexibility index (Phi) is 7.04. The van der Waals surface area contributed by atoms with Crippen molar-refractivity contribution in [2.45, 2.75) is 45.1 Å². The van der Waals surface area contributed by atoms with Crippen molar-refractivity contribution in [1.29, 1.82) is 0 Å². The van der Waals surface area contributed by atoms with Crippen molar-refractivity contribution >= 4 is 29.3 Å². The molecule has 3 nitrogen and oxygen atoms in total. The standard InChI is InChI=1S/C7H20O3Si3/c1-2-3-4-5-6-7-13-9-11-8-12-10-13/h13H,2-7,11-12H2,1H3. The van der Waals surface area contributed by atoms with E-state index in [1.54, 1.807) is 0 Å². The fraction of sp³-hybridized carbons (Fsp3) is 1.00. The average Bonchev–Trinajstić information content (AvgIpc) is 2.19. The summed E-state index contributed by atoms with van der Waals surface area (Å²) in [5.41, 5.74) is 0. The second-order valence-corrected chi connectivity index (χ2v) is 9.61. The van der Waals surface area contributed by atoms with Crippen LogP contribution >= 0.6 is 0 Å². The molecule has 0 amide bonds. The van der Waals surface area contributed by atoms with Crippen LogP contribution in [-0.4, -0.2) is 29.3 Å². The van der Waals surface area contributed by atoms with Crippen molar-refractivity contribution in [1.82, 2.24) is 0 Å². The minimum Gasteiger partial charge on any atom is -0.425 e. The SMILES string of the molecule is CCCCCCC[SiH]1O[SiH2]O[SiH2]O1. The van der Waals surface area contributed by atoms with E-state index in [4.69, 9.17) is 12.3 Å². The number of hydrogen-bond donors (Lipinski definition) is 0. The molecule has 0 aromatic heterocycles. The summed E-state index contributed by atoms with van der Waals surface area (Å²) in [6, 6.07) is 1.22. The quantitative estimate of drug-likeness (QED) is 0.488. The first-order valence-corrected chi connectivity index (χ1v) is 9.31. The molecule has 1 aliphatic heterocycles. The predicted octanol–water partition coefficient (Wildman–Crippen LogP) is 0.238. The smallest absolute Gasteiger partial charge is 0.303 e. The third kappa shape index (κ3) is 5.76. The second-order valence-electron chi connectivity index (χ2n) is 3.41. The molecular formula is C7H20O3Si3. The largest absolute Gasteiger partial charge is 0.425 e. The first-order valence-electron chi connectivity index (χ1n) is 5.24. The monoisotopic (exact) mass is 236 g/mol. The highest BCUT2D eigenvalue weighted by molar-refractivity contribution is 6.61. The summed E-state index contributed by atoms with van der Waals surface area (Å²) in [4.78, 5) is 0. The van der Waals surface area contributed by atoms with Crippen LogP contribution in [0.15, 0.2) is 0 Å². The van der Waals surface area contributed by atoms with Gasteiger partial charge in [0.25, 0.3) is 20.0 Å². The first-order chi connectivity index (χ1) is 6.43. The molecule has 0 unspecified atom stereocenters. The Bertz CT molecular complexity index is 120. The molecule has 1 aliphatic rings. The summed E-state index contributed by atoms with van der Waals surface area (Å²) >= 11 is 0. The molecule has 6 heteroatoms. The van der Waals surface area contributed by atoms with Gasteiger partial charge >= 0.3 is 9.28 Å². The number of hydrogen-bond acceptors (Lipinski definition) is 3. The summed E-state index contributed by atoms with van der Waals surface area (Å²) in [6.45, 7) is 2.25. The molecule has 1 heterocycles. The summed E-state index contributed by atoms with van der Waals surface area (Å²) in [7, 11) is -2.35. The number of rotatable bonds is 6. The van der Waals surface area contributed by atoms with Crippen LogP contribution in [-0.2, 0) is 12.3 Å². The molecule has 13 heavy (non-hydrogen) atoms. The van der Waals surface area contributed by atoms with Crippen LogP contribution in [0.5, 0.6) is 0 Å². The molecule has 0 spiro atoms. The van der Waals surface area contributed by atoms with Gasteiger partial charge in [-0.1, -0.05) is 39.0 Å². The van der Waals surface area contributed by atoms with E-state index in [1.807, 2.05) is 0 Å². The third-order valence-corrected chi connectivity index (χ3v) is 8.49. The maximum absolute atomic E-state index is 5.55. The maximum atomic E-state index is 5.55. The Morgan fingerprint density at radius 3 is 2.38 bits per heavy atom. The highest BCUT2D eigenvalue weighted by Gasteiger charge is 2.16. The summed E-state index contributed by atoms with van der Waals surface area (Å²) in [5, 5.41) is 0. The van der Waals surface area contributed by atoms with Gasteiger partial charge in [-0.3, -0.25) is 0 Å². The van der Waals surface area contributed by atoms with Gasteiger partial charge in [-0.25, -0.2) is 0 Å². The van der Waals surface area contributed by atoms with Crippen LogP contribution in [0.4, 0.5) is 0 Å². The Balaban J connectivity index is 1.86. The van der Waals surface area contributed by atoms with Gasteiger partial charge in [0.15, 0.2) is 0 Å². The molecule has 0 N–H and O–H groups in total. The van der Waals surface area contributed by atoms with Gasteiger partial charge in [0.2, 0.25) is 0 Å². The normalized spacial score (nSPS) is 27.0. The fourth-order valence-electron chi connectivity index (χ4n) is 1.41. The molecule has 0 aromatic rings. The van der Waals surface area contributed by atoms with Crippen molar-refractivity contribution in [3.05, 3.63) is 0 Å². The molecule has 0 saturated carbocycles. The van der Waals surface area contributed by atoms with E-state index in [1.165, 1.54) is 38.1 Å². The van der Waals surface area contributed by atoms with Crippen molar-refractivity contribution in [2.24, 2.45) is 0 Å². The molecule has 78 valence electrons. The van der Waals surface area contributed by atoms with Gasteiger partial charge in [-0.05, 0) is 6.04 Å². The topological polar surface area (TPSA) is 27.7 Å². The van der Waals surface area contributed by atoms with Crippen molar-refractivity contribution in [2.75, 3.05) is 0 Å². The van der Waals surface area contributed by atoms with E-state index in [0.29, 0.717) is 0 Å². The van der Waals surface area contributed by atoms with Gasteiger partial charge < -0.3 is 12.3 Å². The predicted molar refractivity (Wildman–Crippen MR) is 61.1 cm³/mol. The average molecular weight is 236 g/mol. The zero-order valence-electron chi connectivity index (χ0n) is 8.46. The summed E-state index contributed by atoms with van der Waals surface area (Å²) in [6.07, 6.45) is 6.73. The van der Waals surface area contributed by atoms with E-state index < -0.39 is 29.3 Å². The second kappa shape index (κ2) is 7.89. The minimum atomic E-state index is -1.18. The lowest BCUT2D eigenvalue weighted by molar-refractivity contribution is 0.320. The van der Waals surface area contributed by atoms with E-state index in [9.17, 15) is 0 Å². The lowest BCUT2D eigenvalue weighted by atomic mass is 10.2. The maximum Gasteiger partial charge on any atom is 0.303 e. The van der Waals surface area contributed by atoms with Crippen LogP contribution in [0, 0.1) is 0 Å². The van der Waals surface area contributed by atoms with Crippen LogP contribution in [0.25, 0.3) is 0 Å². The van der Waals surface area contributed by atoms with E-state index >= 15 is 0 Å². The summed E-state index contributed by atoms with van der Waals surface area (Å²) in [5.74, 6) is 0. The highest BCUT2D eigenvalue weighted by Crippen LogP contribution is 2.10. The van der Waals surface area contributed by atoms with Gasteiger partial charge in [0.05, 0.1) is 0 Å². The van der Waals surface area contributed by atoms with Crippen molar-refractivity contribution in [3.63, 3.8) is 0 Å². The van der Waals surface area contributed by atoms with E-state index in [2.05, 4.69) is 6.92 Å². The van der Waals surface area contributed by atoms with Crippen LogP contribution in [0.1, 0.15) is 39.0 Å². The van der Waals surface area contributed by atoms with E-state index in [-0.39, 0.29) is 0 Å². The molecule has 1 saturated heterocycles. The Morgan fingerprint density at radius 2 is 1.69 bits per heavy atom. The van der Waals surface area contributed by atoms with Gasteiger partial charge in [0.1, 0.15) is 0 Å². The van der Waals surface area contributed by atoms with E-state index in [0.717, 1.165) is 0 Å². The van der Waals surface area contributed by atoms with Crippen molar-refractivity contribution < 1.29 is 12.3 Å². The minimum absolute atomic E-state index is 0.584. The molecule has 0 radical (unpaired) electrons. The highest BCUT2D eigenvalue weighted by atomic mass is 28.4. The van der Waals surface area contributed by atoms with Gasteiger partial charge in [0, 0.05) is 0 Å². The Hall–Kier alpha value is 0.531. The lowest BCUT2D eigenvalue weighted by Crippen LogP contribution is -2.34. The molecule has 0 aliphatic carbocycles. The third-order valence-electron chi connectivity index (χ3n) is 2.22. The van der Waals surface area contributed by atoms with Gasteiger partial charge in [-0.2, -0.15) is 0 Å². The van der Waals surface area contributed by atoms with Crippen LogP contribution in [0.3, 0.4) is 0 Å². The Labute approximate surface area is 87.1 Å². The molecule has 0 aromatic carbocycles. The number of unbranched alkanes of at least 4 members (excludes halogenated alkanes) is 4. The molecular weight excluding hydrogens is 216 g/mol. The first kappa shape index (κ1) is 11.6. The van der Waals surface area contributed by atoms with Crippen LogP contribution < -0.4 is 0 Å². The zero-order chi connectivity index (χ0) is 9.36. The molecule has 0 atom stereocenters. The molecule has 1 fully saturated rings. The van der Waals surface area contributed by atoms with Crippen molar-refractivity contribution in [3.8, 4) is 0 Å².